The van der Waals surface area contributed by atoms with Gasteiger partial charge in [0.2, 0.25) is 0 Å². The molecule has 4 nitrogen and oxygen atoms in total. The first-order chi connectivity index (χ1) is 9.52. The molecule has 2 aromatic rings. The predicted molar refractivity (Wildman–Crippen MR) is 80.9 cm³/mol. The average Bonchev–Trinajstić information content (AvgIpc) is 2.40. The molecule has 0 fully saturated rings. The van der Waals surface area contributed by atoms with Crippen LogP contribution in [0.1, 0.15) is 23.9 Å². The summed E-state index contributed by atoms with van der Waals surface area (Å²) in [6, 6.07) is 8.93. The average molecular weight is 290 g/mol. The lowest BCUT2D eigenvalue weighted by Crippen LogP contribution is -2.13. The topological polar surface area (TPSA) is 72.0 Å². The van der Waals surface area contributed by atoms with Crippen LogP contribution in [0.15, 0.2) is 30.3 Å². The van der Waals surface area contributed by atoms with E-state index < -0.39 is 0 Å². The summed E-state index contributed by atoms with van der Waals surface area (Å²) in [5.41, 5.74) is 7.76. The molecule has 20 heavy (non-hydrogen) atoms. The highest BCUT2D eigenvalue weighted by molar-refractivity contribution is 6.34. The van der Waals surface area contributed by atoms with Gasteiger partial charge in [-0.05, 0) is 37.6 Å². The van der Waals surface area contributed by atoms with Gasteiger partial charge in [0.1, 0.15) is 17.3 Å². The van der Waals surface area contributed by atoms with E-state index in [0.29, 0.717) is 22.1 Å². The molecule has 0 saturated heterocycles. The SMILES string of the molecule is CCc1nc(C)ccc1Oc1cccc(Cl)c1C(=N)N. The maximum absolute atomic E-state index is 7.61. The molecule has 1 aromatic carbocycles. The summed E-state index contributed by atoms with van der Waals surface area (Å²) in [4.78, 5) is 4.44. The Kier molecular flexibility index (Phi) is 4.25. The van der Waals surface area contributed by atoms with Gasteiger partial charge < -0.3 is 10.5 Å². The summed E-state index contributed by atoms with van der Waals surface area (Å²) in [6.45, 7) is 3.95. The van der Waals surface area contributed by atoms with Crippen molar-refractivity contribution in [3.63, 3.8) is 0 Å². The van der Waals surface area contributed by atoms with Crippen LogP contribution in [-0.2, 0) is 6.42 Å². The Balaban J connectivity index is 2.45. The van der Waals surface area contributed by atoms with E-state index >= 15 is 0 Å². The maximum Gasteiger partial charge on any atom is 0.148 e. The summed E-state index contributed by atoms with van der Waals surface area (Å²) in [7, 11) is 0. The Hall–Kier alpha value is -2.07. The lowest BCUT2D eigenvalue weighted by Gasteiger charge is -2.14. The van der Waals surface area contributed by atoms with Crippen LogP contribution in [0.4, 0.5) is 0 Å². The van der Waals surface area contributed by atoms with Crippen molar-refractivity contribution in [3.05, 3.63) is 52.3 Å². The lowest BCUT2D eigenvalue weighted by atomic mass is 10.1. The minimum Gasteiger partial charge on any atom is -0.455 e. The summed E-state index contributed by atoms with van der Waals surface area (Å²) in [6.07, 6.45) is 0.757. The summed E-state index contributed by atoms with van der Waals surface area (Å²) in [5, 5.41) is 8.01. The number of benzene rings is 1. The molecule has 104 valence electrons. The second kappa shape index (κ2) is 5.92. The third-order valence-corrected chi connectivity index (χ3v) is 3.19. The molecule has 5 heteroatoms. The molecule has 0 spiro atoms. The van der Waals surface area contributed by atoms with Crippen LogP contribution in [0.2, 0.25) is 5.02 Å². The largest absolute Gasteiger partial charge is 0.455 e. The van der Waals surface area contributed by atoms with E-state index in [-0.39, 0.29) is 5.84 Å². The maximum atomic E-state index is 7.61. The fraction of sp³-hybridized carbons (Fsp3) is 0.200. The molecule has 0 saturated carbocycles. The third kappa shape index (κ3) is 2.91. The zero-order chi connectivity index (χ0) is 14.7. The van der Waals surface area contributed by atoms with Gasteiger partial charge in [0.15, 0.2) is 0 Å². The Morgan fingerprint density at radius 2 is 2.05 bits per heavy atom. The van der Waals surface area contributed by atoms with E-state index in [1.165, 1.54) is 0 Å². The molecule has 1 aromatic heterocycles. The van der Waals surface area contributed by atoms with E-state index in [9.17, 15) is 0 Å². The van der Waals surface area contributed by atoms with Crippen molar-refractivity contribution in [2.75, 3.05) is 0 Å². The Morgan fingerprint density at radius 1 is 1.30 bits per heavy atom. The zero-order valence-electron chi connectivity index (χ0n) is 11.4. The molecule has 0 amide bonds. The number of hydrogen-bond donors (Lipinski definition) is 2. The van der Waals surface area contributed by atoms with Crippen molar-refractivity contribution < 1.29 is 4.74 Å². The summed E-state index contributed by atoms with van der Waals surface area (Å²) >= 11 is 6.07. The number of nitrogen functional groups attached to an aromatic ring is 1. The summed E-state index contributed by atoms with van der Waals surface area (Å²) in [5.74, 6) is 0.997. The first-order valence-electron chi connectivity index (χ1n) is 6.30. The normalized spacial score (nSPS) is 10.3. The third-order valence-electron chi connectivity index (χ3n) is 2.87. The molecular weight excluding hydrogens is 274 g/mol. The van der Waals surface area contributed by atoms with Crippen LogP contribution in [0.5, 0.6) is 11.5 Å². The fourth-order valence-corrected chi connectivity index (χ4v) is 2.18. The molecule has 0 radical (unpaired) electrons. The van der Waals surface area contributed by atoms with Crippen molar-refractivity contribution in [1.29, 1.82) is 5.41 Å². The molecule has 0 aliphatic carbocycles. The first kappa shape index (κ1) is 14.3. The van der Waals surface area contributed by atoms with Crippen LogP contribution in [0.3, 0.4) is 0 Å². The van der Waals surface area contributed by atoms with Crippen LogP contribution in [0, 0.1) is 12.3 Å². The monoisotopic (exact) mass is 289 g/mol. The van der Waals surface area contributed by atoms with Gasteiger partial charge in [-0.1, -0.05) is 24.6 Å². The van der Waals surface area contributed by atoms with Gasteiger partial charge in [-0.3, -0.25) is 10.4 Å². The van der Waals surface area contributed by atoms with E-state index in [2.05, 4.69) is 4.98 Å². The van der Waals surface area contributed by atoms with Crippen LogP contribution < -0.4 is 10.5 Å². The quantitative estimate of drug-likeness (QED) is 0.666. The highest BCUT2D eigenvalue weighted by Gasteiger charge is 2.13. The van der Waals surface area contributed by atoms with Crippen molar-refractivity contribution in [1.82, 2.24) is 4.98 Å². The van der Waals surface area contributed by atoms with E-state index in [4.69, 9.17) is 27.5 Å². The van der Waals surface area contributed by atoms with Crippen molar-refractivity contribution in [2.45, 2.75) is 20.3 Å². The predicted octanol–water partition coefficient (Wildman–Crippen LogP) is 3.68. The van der Waals surface area contributed by atoms with Gasteiger partial charge in [-0.15, -0.1) is 0 Å². The smallest absolute Gasteiger partial charge is 0.148 e. The second-order valence-electron chi connectivity index (χ2n) is 4.38. The van der Waals surface area contributed by atoms with Gasteiger partial charge in [-0.25, -0.2) is 0 Å². The number of pyridine rings is 1. The number of halogens is 1. The molecule has 2 rings (SSSR count). The first-order valence-corrected chi connectivity index (χ1v) is 6.68. The number of amidine groups is 1. The van der Waals surface area contributed by atoms with Crippen molar-refractivity contribution in [3.8, 4) is 11.5 Å². The number of aromatic nitrogens is 1. The van der Waals surface area contributed by atoms with Crippen molar-refractivity contribution >= 4 is 17.4 Å². The van der Waals surface area contributed by atoms with Gasteiger partial charge in [0.05, 0.1) is 16.3 Å². The number of rotatable bonds is 4. The van der Waals surface area contributed by atoms with Crippen LogP contribution in [-0.4, -0.2) is 10.8 Å². The van der Waals surface area contributed by atoms with E-state index in [0.717, 1.165) is 17.8 Å². The Morgan fingerprint density at radius 3 is 2.70 bits per heavy atom. The number of nitrogens with one attached hydrogen (secondary N) is 1. The molecule has 3 N–H and O–H groups in total. The van der Waals surface area contributed by atoms with E-state index in [1.807, 2.05) is 26.0 Å². The number of nitrogens with zero attached hydrogens (tertiary/aromatic N) is 1. The molecule has 0 bridgehead atoms. The number of aryl methyl sites for hydroxylation is 2. The minimum atomic E-state index is -0.122. The Bertz CT molecular complexity index is 656. The van der Waals surface area contributed by atoms with E-state index in [1.54, 1.807) is 18.2 Å². The van der Waals surface area contributed by atoms with Gasteiger partial charge in [0.25, 0.3) is 0 Å². The second-order valence-corrected chi connectivity index (χ2v) is 4.79. The van der Waals surface area contributed by atoms with Gasteiger partial charge in [-0.2, -0.15) is 0 Å². The number of hydrogen-bond acceptors (Lipinski definition) is 3. The minimum absolute atomic E-state index is 0.122. The van der Waals surface area contributed by atoms with Gasteiger partial charge >= 0.3 is 0 Å². The molecule has 0 unspecified atom stereocenters. The zero-order valence-corrected chi connectivity index (χ0v) is 12.2. The fourth-order valence-electron chi connectivity index (χ4n) is 1.91. The van der Waals surface area contributed by atoms with Crippen LogP contribution >= 0.6 is 11.6 Å². The molecule has 0 aliphatic heterocycles. The van der Waals surface area contributed by atoms with Crippen molar-refractivity contribution in [2.24, 2.45) is 5.73 Å². The molecule has 0 atom stereocenters. The van der Waals surface area contributed by atoms with Gasteiger partial charge in [0, 0.05) is 5.69 Å². The standard InChI is InChI=1S/C15H16ClN3O/c1-3-11-12(8-7-9(2)19-11)20-13-6-4-5-10(16)14(13)15(17)18/h4-8H,3H2,1-2H3,(H3,17,18). The molecule has 1 heterocycles. The highest BCUT2D eigenvalue weighted by atomic mass is 35.5. The Labute approximate surface area is 123 Å². The highest BCUT2D eigenvalue weighted by Crippen LogP contribution is 2.31. The number of ether oxygens (including phenoxy) is 1. The lowest BCUT2D eigenvalue weighted by molar-refractivity contribution is 0.471. The number of nitrogens with two attached hydrogens (primary N) is 1. The molecular formula is C15H16ClN3O. The molecule has 0 aliphatic rings. The van der Waals surface area contributed by atoms with Crippen LogP contribution in [0.25, 0.3) is 0 Å². The summed E-state index contributed by atoms with van der Waals surface area (Å²) < 4.78 is 5.86.